The lowest BCUT2D eigenvalue weighted by Crippen LogP contribution is -2.48. The molecule has 2 atom stereocenters. The zero-order valence-corrected chi connectivity index (χ0v) is 21.3. The van der Waals surface area contributed by atoms with E-state index in [2.05, 4.69) is 42.6 Å². The topological polar surface area (TPSA) is 83.0 Å². The molecule has 0 aliphatic carbocycles. The number of piperidine rings is 1. The van der Waals surface area contributed by atoms with Gasteiger partial charge in [-0.2, -0.15) is 0 Å². The summed E-state index contributed by atoms with van der Waals surface area (Å²) in [5, 5.41) is 7.43. The first-order valence-electron chi connectivity index (χ1n) is 12.1. The highest BCUT2D eigenvalue weighted by Crippen LogP contribution is 2.25. The van der Waals surface area contributed by atoms with Crippen molar-refractivity contribution >= 4 is 40.9 Å². The smallest absolute Gasteiger partial charge is 0.237 e. The van der Waals surface area contributed by atoms with Gasteiger partial charge < -0.3 is 10.6 Å². The van der Waals surface area contributed by atoms with Crippen LogP contribution in [0.3, 0.4) is 0 Å². The summed E-state index contributed by atoms with van der Waals surface area (Å²) in [6.07, 6.45) is 8.62. The van der Waals surface area contributed by atoms with Gasteiger partial charge in [0.1, 0.15) is 0 Å². The Morgan fingerprint density at radius 1 is 1.03 bits per heavy atom. The predicted octanol–water partition coefficient (Wildman–Crippen LogP) is 5.52. The number of nitrogens with zero attached hydrogens (tertiary/aromatic N) is 4. The van der Waals surface area contributed by atoms with Crippen LogP contribution in [0.2, 0.25) is 0 Å². The molecule has 4 aromatic rings. The zero-order chi connectivity index (χ0) is 24.2. The van der Waals surface area contributed by atoms with Crippen molar-refractivity contribution < 1.29 is 4.79 Å². The molecule has 1 unspecified atom stereocenters. The number of hydrogen-bond acceptors (Lipinski definition) is 6. The second-order valence-corrected chi connectivity index (χ2v) is 9.17. The van der Waals surface area contributed by atoms with E-state index in [-0.39, 0.29) is 30.4 Å². The Labute approximate surface area is 217 Å². The van der Waals surface area contributed by atoms with Crippen LogP contribution in [0.4, 0.5) is 11.6 Å². The minimum atomic E-state index is -0.0570. The number of fused-ring (bicyclic) bond motifs is 1. The average molecular weight is 503 g/mol. The number of aromatic nitrogens is 3. The van der Waals surface area contributed by atoms with Gasteiger partial charge in [0.2, 0.25) is 11.9 Å². The summed E-state index contributed by atoms with van der Waals surface area (Å²) in [6, 6.07) is 18.1. The second-order valence-electron chi connectivity index (χ2n) is 9.17. The van der Waals surface area contributed by atoms with E-state index in [9.17, 15) is 4.79 Å². The SMILES string of the molecule is C[C@@H](NC(=O)C1CCCCN1C)c1ccc(Nc2ncc3cc(-c4ccncc4)ccc3n2)cc1.Cl. The lowest BCUT2D eigenvalue weighted by atomic mass is 10.0. The average Bonchev–Trinajstić information content (AvgIpc) is 2.89. The fourth-order valence-corrected chi connectivity index (χ4v) is 4.60. The number of nitrogens with one attached hydrogen (secondary N) is 2. The molecule has 8 heteroatoms. The standard InChI is InChI=1S/C28H30N6O.ClH/c1-19(31-27(35)26-5-3-4-16-34(26)2)20-6-9-24(10-7-20)32-28-30-18-23-17-22(8-11-25(23)33-28)21-12-14-29-15-13-21;/h6-15,17-19,26H,3-5,16H2,1-2H3,(H,31,35)(H,30,32,33);1H/t19-,26?;/m1./s1. The van der Waals surface area contributed by atoms with Gasteiger partial charge >= 0.3 is 0 Å². The molecule has 0 spiro atoms. The van der Waals surface area contributed by atoms with Crippen molar-refractivity contribution in [1.82, 2.24) is 25.2 Å². The molecule has 2 aromatic heterocycles. The number of halogens is 1. The van der Waals surface area contributed by atoms with E-state index in [1.54, 1.807) is 12.4 Å². The van der Waals surface area contributed by atoms with E-state index in [0.717, 1.165) is 59.1 Å². The molecule has 0 saturated carbocycles. The maximum Gasteiger partial charge on any atom is 0.237 e. The number of rotatable bonds is 6. The van der Waals surface area contributed by atoms with Crippen LogP contribution in [0.25, 0.3) is 22.0 Å². The number of carbonyl (C=O) groups is 1. The summed E-state index contributed by atoms with van der Waals surface area (Å²) < 4.78 is 0. The van der Waals surface area contributed by atoms with Gasteiger partial charge in [-0.15, -0.1) is 12.4 Å². The van der Waals surface area contributed by atoms with Crippen molar-refractivity contribution in [2.75, 3.05) is 18.9 Å². The van der Waals surface area contributed by atoms with E-state index >= 15 is 0 Å². The lowest BCUT2D eigenvalue weighted by molar-refractivity contribution is -0.127. The van der Waals surface area contributed by atoms with Crippen LogP contribution < -0.4 is 10.6 Å². The van der Waals surface area contributed by atoms with Gasteiger partial charge in [-0.05, 0) is 86.4 Å². The Morgan fingerprint density at radius 3 is 2.56 bits per heavy atom. The third-order valence-electron chi connectivity index (χ3n) is 6.69. The van der Waals surface area contributed by atoms with Crippen molar-refractivity contribution in [2.24, 2.45) is 0 Å². The molecule has 186 valence electrons. The number of amides is 1. The Bertz CT molecular complexity index is 1310. The summed E-state index contributed by atoms with van der Waals surface area (Å²) in [7, 11) is 2.03. The van der Waals surface area contributed by atoms with Crippen molar-refractivity contribution in [3.63, 3.8) is 0 Å². The highest BCUT2D eigenvalue weighted by atomic mass is 35.5. The largest absolute Gasteiger partial charge is 0.348 e. The molecule has 2 aromatic carbocycles. The van der Waals surface area contributed by atoms with Gasteiger partial charge in [0.25, 0.3) is 0 Å². The van der Waals surface area contributed by atoms with Crippen molar-refractivity contribution in [3.05, 3.63) is 78.8 Å². The first-order chi connectivity index (χ1) is 17.1. The fraction of sp³-hybridized carbons (Fsp3) is 0.286. The van der Waals surface area contributed by atoms with Crippen molar-refractivity contribution in [2.45, 2.75) is 38.3 Å². The Balaban J connectivity index is 0.00000304. The normalized spacial score (nSPS) is 16.7. The van der Waals surface area contributed by atoms with Crippen LogP contribution in [0.5, 0.6) is 0 Å². The summed E-state index contributed by atoms with van der Waals surface area (Å²) in [5.41, 5.74) is 5.05. The number of benzene rings is 2. The van der Waals surface area contributed by atoms with Crippen LogP contribution in [0.15, 0.2) is 73.2 Å². The number of likely N-dealkylation sites (N-methyl/N-ethyl adjacent to an activating group) is 1. The maximum absolute atomic E-state index is 12.7. The van der Waals surface area contributed by atoms with Gasteiger partial charge in [0.15, 0.2) is 0 Å². The summed E-state index contributed by atoms with van der Waals surface area (Å²) in [5.74, 6) is 0.655. The first kappa shape index (κ1) is 25.5. The van der Waals surface area contributed by atoms with E-state index in [1.165, 1.54) is 0 Å². The predicted molar refractivity (Wildman–Crippen MR) is 147 cm³/mol. The van der Waals surface area contributed by atoms with Gasteiger partial charge in [-0.1, -0.05) is 24.6 Å². The molecule has 2 N–H and O–H groups in total. The second kappa shape index (κ2) is 11.5. The molecule has 1 aliphatic heterocycles. The van der Waals surface area contributed by atoms with E-state index in [0.29, 0.717) is 5.95 Å². The lowest BCUT2D eigenvalue weighted by Gasteiger charge is -2.32. The van der Waals surface area contributed by atoms with Crippen molar-refractivity contribution in [3.8, 4) is 11.1 Å². The Hall–Kier alpha value is -3.55. The first-order valence-corrected chi connectivity index (χ1v) is 12.1. The molecule has 0 radical (unpaired) electrons. The molecular weight excluding hydrogens is 472 g/mol. The monoisotopic (exact) mass is 502 g/mol. The summed E-state index contributed by atoms with van der Waals surface area (Å²) in [6.45, 7) is 3.01. The van der Waals surface area contributed by atoms with Crippen LogP contribution in [0.1, 0.15) is 37.8 Å². The van der Waals surface area contributed by atoms with E-state index in [4.69, 9.17) is 0 Å². The van der Waals surface area contributed by atoms with Crippen LogP contribution in [-0.4, -0.2) is 45.4 Å². The number of carbonyl (C=O) groups excluding carboxylic acids is 1. The summed E-state index contributed by atoms with van der Waals surface area (Å²) >= 11 is 0. The Morgan fingerprint density at radius 2 is 1.81 bits per heavy atom. The molecule has 36 heavy (non-hydrogen) atoms. The van der Waals surface area contributed by atoms with E-state index in [1.807, 2.05) is 62.6 Å². The Kier molecular flexibility index (Phi) is 8.13. The van der Waals surface area contributed by atoms with Gasteiger partial charge in [-0.3, -0.25) is 14.7 Å². The number of hydrogen-bond donors (Lipinski definition) is 2. The minimum Gasteiger partial charge on any atom is -0.348 e. The molecule has 1 amide bonds. The highest BCUT2D eigenvalue weighted by molar-refractivity contribution is 5.85. The molecule has 0 bridgehead atoms. The summed E-state index contributed by atoms with van der Waals surface area (Å²) in [4.78, 5) is 28.1. The minimum absolute atomic E-state index is 0. The zero-order valence-electron chi connectivity index (χ0n) is 20.5. The number of likely N-dealkylation sites (tertiary alicyclic amines) is 1. The van der Waals surface area contributed by atoms with Gasteiger partial charge in [0, 0.05) is 29.7 Å². The highest BCUT2D eigenvalue weighted by Gasteiger charge is 2.26. The molecule has 1 aliphatic rings. The van der Waals surface area contributed by atoms with Gasteiger partial charge in [-0.25, -0.2) is 9.97 Å². The molecule has 5 rings (SSSR count). The third-order valence-corrected chi connectivity index (χ3v) is 6.69. The third kappa shape index (κ3) is 5.80. The molecular formula is C28H31ClN6O. The van der Waals surface area contributed by atoms with Gasteiger partial charge in [0.05, 0.1) is 17.6 Å². The van der Waals surface area contributed by atoms with Crippen molar-refractivity contribution in [1.29, 1.82) is 0 Å². The quantitative estimate of drug-likeness (QED) is 0.361. The molecule has 1 fully saturated rings. The fourth-order valence-electron chi connectivity index (χ4n) is 4.60. The molecule has 1 saturated heterocycles. The van der Waals surface area contributed by atoms with E-state index < -0.39 is 0 Å². The molecule has 7 nitrogen and oxygen atoms in total. The van der Waals surface area contributed by atoms with Crippen LogP contribution in [0, 0.1) is 0 Å². The maximum atomic E-state index is 12.7. The van der Waals surface area contributed by atoms with Crippen LogP contribution in [-0.2, 0) is 4.79 Å². The number of pyridine rings is 1. The van der Waals surface area contributed by atoms with Crippen LogP contribution >= 0.6 is 12.4 Å². The molecule has 3 heterocycles. The number of anilines is 2.